The van der Waals surface area contributed by atoms with Crippen LogP contribution in [0.25, 0.3) is 0 Å². The van der Waals surface area contributed by atoms with Gasteiger partial charge in [-0.2, -0.15) is 0 Å². The molecule has 0 bridgehead atoms. The molecule has 5 heteroatoms. The highest BCUT2D eigenvalue weighted by atomic mass is 79.9. The van der Waals surface area contributed by atoms with Gasteiger partial charge in [-0.05, 0) is 40.2 Å². The fraction of sp³-hybridized carbons (Fsp3) is 0. The van der Waals surface area contributed by atoms with Crippen molar-refractivity contribution < 1.29 is 9.18 Å². The molecule has 2 aromatic rings. The number of carbonyl (C=O) groups is 1. The first-order valence-electron chi connectivity index (χ1n) is 4.95. The summed E-state index contributed by atoms with van der Waals surface area (Å²) in [6.45, 7) is 0. The molecule has 0 saturated heterocycles. The van der Waals surface area contributed by atoms with E-state index in [1.165, 1.54) is 18.2 Å². The summed E-state index contributed by atoms with van der Waals surface area (Å²) in [5.74, 6) is -1.11. The van der Waals surface area contributed by atoms with Crippen molar-refractivity contribution >= 4 is 44.9 Å². The fourth-order valence-corrected chi connectivity index (χ4v) is 2.44. The Balaban J connectivity index is 2.59. The molecule has 0 N–H and O–H groups in total. The minimum absolute atomic E-state index is 0.0540. The van der Waals surface area contributed by atoms with E-state index in [9.17, 15) is 9.18 Å². The normalized spacial score (nSPS) is 10.4. The van der Waals surface area contributed by atoms with Gasteiger partial charge < -0.3 is 0 Å². The van der Waals surface area contributed by atoms with Crippen LogP contribution in [0.5, 0.6) is 0 Å². The molecule has 1 nitrogen and oxygen atoms in total. The van der Waals surface area contributed by atoms with Crippen LogP contribution in [0, 0.1) is 5.82 Å². The van der Waals surface area contributed by atoms with Crippen LogP contribution in [0.4, 0.5) is 4.39 Å². The van der Waals surface area contributed by atoms with E-state index >= 15 is 0 Å². The number of ketones is 1. The molecule has 0 spiro atoms. The van der Waals surface area contributed by atoms with Crippen LogP contribution in [0.2, 0.25) is 10.0 Å². The van der Waals surface area contributed by atoms with Crippen molar-refractivity contribution in [3.8, 4) is 0 Å². The van der Waals surface area contributed by atoms with Gasteiger partial charge in [0.1, 0.15) is 5.82 Å². The third-order valence-corrected chi connectivity index (χ3v) is 3.87. The Morgan fingerprint density at radius 3 is 2.44 bits per heavy atom. The maximum absolute atomic E-state index is 13.7. The summed E-state index contributed by atoms with van der Waals surface area (Å²) < 4.78 is 14.1. The molecule has 0 aromatic heterocycles. The summed E-state index contributed by atoms with van der Waals surface area (Å²) in [5.41, 5.74) is 0.122. The van der Waals surface area contributed by atoms with Gasteiger partial charge in [0.05, 0.1) is 15.6 Å². The summed E-state index contributed by atoms with van der Waals surface area (Å²) in [5, 5.41) is 0.384. The number of benzene rings is 2. The molecule has 0 unspecified atom stereocenters. The van der Waals surface area contributed by atoms with Crippen LogP contribution in [-0.4, -0.2) is 5.78 Å². The lowest BCUT2D eigenvalue weighted by Gasteiger charge is -2.07. The second-order valence-electron chi connectivity index (χ2n) is 3.53. The zero-order valence-electron chi connectivity index (χ0n) is 8.88. The summed E-state index contributed by atoms with van der Waals surface area (Å²) in [4.78, 5) is 12.2. The van der Waals surface area contributed by atoms with Gasteiger partial charge in [-0.1, -0.05) is 35.3 Å². The van der Waals surface area contributed by atoms with Crippen LogP contribution in [0.3, 0.4) is 0 Å². The van der Waals surface area contributed by atoms with Crippen molar-refractivity contribution in [2.45, 2.75) is 0 Å². The lowest BCUT2D eigenvalue weighted by Crippen LogP contribution is -2.06. The highest BCUT2D eigenvalue weighted by Gasteiger charge is 2.20. The van der Waals surface area contributed by atoms with Crippen LogP contribution in [0.15, 0.2) is 40.9 Å². The Bertz CT molecular complexity index is 608. The number of hydrogen-bond donors (Lipinski definition) is 0. The molecule has 2 rings (SSSR count). The number of rotatable bonds is 2. The van der Waals surface area contributed by atoms with Crippen molar-refractivity contribution in [1.29, 1.82) is 0 Å². The lowest BCUT2D eigenvalue weighted by molar-refractivity contribution is 0.103. The maximum atomic E-state index is 13.7. The van der Waals surface area contributed by atoms with Crippen LogP contribution < -0.4 is 0 Å². The van der Waals surface area contributed by atoms with E-state index in [0.717, 1.165) is 0 Å². The van der Waals surface area contributed by atoms with E-state index in [1.807, 2.05) is 0 Å². The van der Waals surface area contributed by atoms with E-state index in [2.05, 4.69) is 15.9 Å². The summed E-state index contributed by atoms with van der Waals surface area (Å²) in [6, 6.07) is 8.99. The molecular formula is C13H6BrCl2FO. The van der Waals surface area contributed by atoms with Gasteiger partial charge in [0.2, 0.25) is 0 Å². The van der Waals surface area contributed by atoms with E-state index in [0.29, 0.717) is 4.47 Å². The molecule has 0 heterocycles. The second-order valence-corrected chi connectivity index (χ2v) is 5.17. The molecule has 0 aliphatic rings. The zero-order valence-corrected chi connectivity index (χ0v) is 12.0. The Labute approximate surface area is 122 Å². The topological polar surface area (TPSA) is 17.1 Å². The number of hydrogen-bond acceptors (Lipinski definition) is 1. The molecule has 92 valence electrons. The summed E-state index contributed by atoms with van der Waals surface area (Å²) >= 11 is 14.9. The smallest absolute Gasteiger partial charge is 0.198 e. The van der Waals surface area contributed by atoms with Crippen molar-refractivity contribution in [2.75, 3.05) is 0 Å². The predicted octanol–water partition coefficient (Wildman–Crippen LogP) is 5.13. The molecule has 0 saturated carbocycles. The van der Waals surface area contributed by atoms with Crippen molar-refractivity contribution in [3.05, 3.63) is 67.9 Å². The predicted molar refractivity (Wildman–Crippen MR) is 74.0 cm³/mol. The van der Waals surface area contributed by atoms with Gasteiger partial charge in [-0.25, -0.2) is 4.39 Å². The molecule has 2 aromatic carbocycles. The first kappa shape index (κ1) is 13.5. The van der Waals surface area contributed by atoms with Gasteiger partial charge in [-0.3, -0.25) is 4.79 Å². The maximum Gasteiger partial charge on any atom is 0.198 e. The average molecular weight is 348 g/mol. The average Bonchev–Trinajstić information content (AvgIpc) is 2.32. The quantitative estimate of drug-likeness (QED) is 0.688. The van der Waals surface area contributed by atoms with E-state index in [-0.39, 0.29) is 21.2 Å². The van der Waals surface area contributed by atoms with Crippen molar-refractivity contribution in [1.82, 2.24) is 0 Å². The number of halogens is 4. The van der Waals surface area contributed by atoms with E-state index < -0.39 is 11.6 Å². The molecule has 0 aliphatic heterocycles. The zero-order chi connectivity index (χ0) is 13.3. The Morgan fingerprint density at radius 2 is 1.78 bits per heavy atom. The minimum atomic E-state index is -0.606. The first-order valence-corrected chi connectivity index (χ1v) is 6.50. The summed E-state index contributed by atoms with van der Waals surface area (Å²) in [6.07, 6.45) is 0. The van der Waals surface area contributed by atoms with Gasteiger partial charge in [0, 0.05) is 10.0 Å². The third kappa shape index (κ3) is 2.44. The standard InChI is InChI=1S/C13H6BrCl2FO/c14-8-4-2-6-10(17)11(8)13(18)7-3-1-5-9(15)12(7)16/h1-6H. The molecule has 18 heavy (non-hydrogen) atoms. The Morgan fingerprint density at radius 1 is 1.11 bits per heavy atom. The molecule has 0 radical (unpaired) electrons. The first-order chi connectivity index (χ1) is 8.52. The van der Waals surface area contributed by atoms with Crippen LogP contribution in [-0.2, 0) is 0 Å². The highest BCUT2D eigenvalue weighted by molar-refractivity contribution is 9.10. The SMILES string of the molecule is O=C(c1cccc(Cl)c1Cl)c1c(F)cccc1Br. The Kier molecular flexibility index (Phi) is 4.05. The molecular weight excluding hydrogens is 342 g/mol. The summed E-state index contributed by atoms with van der Waals surface area (Å²) in [7, 11) is 0. The van der Waals surface area contributed by atoms with Crippen LogP contribution >= 0.6 is 39.1 Å². The monoisotopic (exact) mass is 346 g/mol. The lowest BCUT2D eigenvalue weighted by atomic mass is 10.0. The minimum Gasteiger partial charge on any atom is -0.288 e. The van der Waals surface area contributed by atoms with Crippen molar-refractivity contribution in [2.24, 2.45) is 0 Å². The van der Waals surface area contributed by atoms with E-state index in [1.54, 1.807) is 18.2 Å². The second kappa shape index (κ2) is 5.39. The largest absolute Gasteiger partial charge is 0.288 e. The molecule has 0 fully saturated rings. The third-order valence-electron chi connectivity index (χ3n) is 2.39. The van der Waals surface area contributed by atoms with E-state index in [4.69, 9.17) is 23.2 Å². The van der Waals surface area contributed by atoms with Gasteiger partial charge in [0.25, 0.3) is 0 Å². The Hall–Kier alpha value is -0.900. The van der Waals surface area contributed by atoms with Gasteiger partial charge >= 0.3 is 0 Å². The highest BCUT2D eigenvalue weighted by Crippen LogP contribution is 2.30. The van der Waals surface area contributed by atoms with Crippen LogP contribution in [0.1, 0.15) is 15.9 Å². The fourth-order valence-electron chi connectivity index (χ4n) is 1.53. The molecule has 0 aliphatic carbocycles. The van der Waals surface area contributed by atoms with Gasteiger partial charge in [0.15, 0.2) is 5.78 Å². The molecule has 0 amide bonds. The van der Waals surface area contributed by atoms with Gasteiger partial charge in [-0.15, -0.1) is 0 Å². The van der Waals surface area contributed by atoms with Crippen molar-refractivity contribution in [3.63, 3.8) is 0 Å². The number of carbonyl (C=O) groups excluding carboxylic acids is 1. The molecule has 0 atom stereocenters.